The van der Waals surface area contributed by atoms with Gasteiger partial charge in [0.05, 0.1) is 6.10 Å². The number of halogens is 2. The predicted octanol–water partition coefficient (Wildman–Crippen LogP) is 1.27. The summed E-state index contributed by atoms with van der Waals surface area (Å²) in [4.78, 5) is 10.9. The van der Waals surface area contributed by atoms with E-state index in [1.165, 1.54) is 0 Å². The molecule has 0 aromatic heterocycles. The molecule has 1 fully saturated rings. The Labute approximate surface area is 69.1 Å². The Morgan fingerprint density at radius 1 is 1.60 bits per heavy atom. The first-order chi connectivity index (χ1) is 4.55. The van der Waals surface area contributed by atoms with Crippen molar-refractivity contribution in [2.24, 2.45) is 0 Å². The van der Waals surface area contributed by atoms with Crippen LogP contribution in [0.4, 0.5) is 0 Å². The van der Waals surface area contributed by atoms with Crippen LogP contribution in [0.1, 0.15) is 19.3 Å². The average Bonchev–Trinajstić information content (AvgIpc) is 1.84. The topological polar surface area (TPSA) is 37.3 Å². The number of alkyl halides is 2. The first-order valence-electron chi connectivity index (χ1n) is 3.14. The fraction of sp³-hybridized carbons (Fsp3) is 0.833. The van der Waals surface area contributed by atoms with Crippen molar-refractivity contribution in [1.82, 2.24) is 0 Å². The van der Waals surface area contributed by atoms with E-state index in [0.29, 0.717) is 19.3 Å². The number of aliphatic hydroxyl groups is 1. The number of hydrogen-bond acceptors (Lipinski definition) is 2. The van der Waals surface area contributed by atoms with Crippen LogP contribution < -0.4 is 0 Å². The molecule has 0 aromatic rings. The van der Waals surface area contributed by atoms with Crippen LogP contribution in [0.5, 0.6) is 0 Å². The highest BCUT2D eigenvalue weighted by atomic mass is 35.5. The Hall–Kier alpha value is 0.210. The van der Waals surface area contributed by atoms with Gasteiger partial charge >= 0.3 is 0 Å². The molecule has 4 heteroatoms. The van der Waals surface area contributed by atoms with Crippen molar-refractivity contribution >= 4 is 29.0 Å². The molecule has 0 bridgehead atoms. The lowest BCUT2D eigenvalue weighted by molar-refractivity contribution is -0.123. The van der Waals surface area contributed by atoms with Gasteiger partial charge in [-0.05, 0) is 12.8 Å². The first kappa shape index (κ1) is 8.31. The van der Waals surface area contributed by atoms with Crippen molar-refractivity contribution < 1.29 is 9.90 Å². The van der Waals surface area contributed by atoms with Gasteiger partial charge in [-0.15, -0.1) is 0 Å². The van der Waals surface area contributed by atoms with Crippen LogP contribution in [0.2, 0.25) is 0 Å². The number of ketones is 1. The minimum absolute atomic E-state index is 0.269. The van der Waals surface area contributed by atoms with E-state index in [-0.39, 0.29) is 5.78 Å². The molecule has 1 saturated carbocycles. The Morgan fingerprint density at radius 2 is 2.20 bits per heavy atom. The number of rotatable bonds is 0. The summed E-state index contributed by atoms with van der Waals surface area (Å²) >= 11 is 11.1. The third-order valence-electron chi connectivity index (χ3n) is 1.67. The Bertz CT molecular complexity index is 156. The van der Waals surface area contributed by atoms with Gasteiger partial charge < -0.3 is 5.11 Å². The van der Waals surface area contributed by atoms with E-state index in [4.69, 9.17) is 28.3 Å². The summed E-state index contributed by atoms with van der Waals surface area (Å²) in [6.07, 6.45) is 0.682. The van der Waals surface area contributed by atoms with Crippen molar-refractivity contribution in [2.75, 3.05) is 0 Å². The number of aliphatic hydroxyl groups excluding tert-OH is 1. The molecular weight excluding hydrogens is 175 g/mol. The molecule has 2 nitrogen and oxygen atoms in total. The van der Waals surface area contributed by atoms with E-state index in [9.17, 15) is 4.79 Å². The van der Waals surface area contributed by atoms with Crippen molar-refractivity contribution in [2.45, 2.75) is 29.7 Å². The molecule has 0 spiro atoms. The zero-order chi connectivity index (χ0) is 7.78. The third-order valence-corrected chi connectivity index (χ3v) is 2.60. The summed E-state index contributed by atoms with van der Waals surface area (Å²) in [7, 11) is 0. The highest BCUT2D eigenvalue weighted by molar-refractivity contribution is 6.58. The van der Waals surface area contributed by atoms with Crippen LogP contribution in [-0.4, -0.2) is 21.3 Å². The summed E-state index contributed by atoms with van der Waals surface area (Å²) in [6.45, 7) is 0. The van der Waals surface area contributed by atoms with Gasteiger partial charge in [-0.2, -0.15) is 0 Å². The second-order valence-electron chi connectivity index (χ2n) is 2.45. The molecule has 0 radical (unpaired) electrons. The second kappa shape index (κ2) is 2.68. The standard InChI is InChI=1S/C6H8Cl2O2/c7-6(8)4(9)2-1-3-5(6)10/h4,9H,1-3H2. The highest BCUT2D eigenvalue weighted by Gasteiger charge is 2.43. The summed E-state index contributed by atoms with van der Waals surface area (Å²) < 4.78 is -1.54. The minimum Gasteiger partial charge on any atom is -0.390 e. The molecule has 1 atom stereocenters. The van der Waals surface area contributed by atoms with Gasteiger partial charge in [0, 0.05) is 6.42 Å². The molecule has 0 saturated heterocycles. The van der Waals surface area contributed by atoms with Crippen LogP contribution in [0.25, 0.3) is 0 Å². The van der Waals surface area contributed by atoms with Crippen LogP contribution in [-0.2, 0) is 4.79 Å². The van der Waals surface area contributed by atoms with Gasteiger partial charge in [0.1, 0.15) is 0 Å². The molecule has 58 valence electrons. The number of hydrogen-bond donors (Lipinski definition) is 1. The molecule has 0 heterocycles. The van der Waals surface area contributed by atoms with E-state index in [1.807, 2.05) is 0 Å². The van der Waals surface area contributed by atoms with Crippen molar-refractivity contribution in [3.8, 4) is 0 Å². The van der Waals surface area contributed by atoms with Crippen LogP contribution in [0, 0.1) is 0 Å². The molecule has 10 heavy (non-hydrogen) atoms. The van der Waals surface area contributed by atoms with Gasteiger partial charge in [0.25, 0.3) is 0 Å². The zero-order valence-corrected chi connectivity index (χ0v) is 6.82. The smallest absolute Gasteiger partial charge is 0.201 e. The van der Waals surface area contributed by atoms with E-state index >= 15 is 0 Å². The lowest BCUT2D eigenvalue weighted by Crippen LogP contribution is -2.42. The average molecular weight is 183 g/mol. The quantitative estimate of drug-likeness (QED) is 0.574. The van der Waals surface area contributed by atoms with Gasteiger partial charge in [-0.1, -0.05) is 23.2 Å². The van der Waals surface area contributed by atoms with E-state index < -0.39 is 10.4 Å². The molecule has 1 N–H and O–H groups in total. The molecule has 1 unspecified atom stereocenters. The Morgan fingerprint density at radius 3 is 2.60 bits per heavy atom. The maximum atomic E-state index is 10.9. The number of Topliss-reactive ketones (excluding diaryl/α,β-unsaturated/α-hetero) is 1. The van der Waals surface area contributed by atoms with Crippen LogP contribution in [0.15, 0.2) is 0 Å². The van der Waals surface area contributed by atoms with E-state index in [2.05, 4.69) is 0 Å². The van der Waals surface area contributed by atoms with Gasteiger partial charge in [-0.25, -0.2) is 0 Å². The number of carbonyl (C=O) groups is 1. The van der Waals surface area contributed by atoms with Crippen molar-refractivity contribution in [3.05, 3.63) is 0 Å². The summed E-state index contributed by atoms with van der Waals surface area (Å²) in [5.41, 5.74) is 0. The van der Waals surface area contributed by atoms with Crippen molar-refractivity contribution in [1.29, 1.82) is 0 Å². The van der Waals surface area contributed by atoms with E-state index in [1.54, 1.807) is 0 Å². The summed E-state index contributed by atoms with van der Waals surface area (Å²) in [5, 5.41) is 9.12. The van der Waals surface area contributed by atoms with Gasteiger partial charge in [-0.3, -0.25) is 4.79 Å². The summed E-state index contributed by atoms with van der Waals surface area (Å²) in [6, 6.07) is 0. The lowest BCUT2D eigenvalue weighted by Gasteiger charge is -2.28. The monoisotopic (exact) mass is 182 g/mol. The van der Waals surface area contributed by atoms with E-state index in [0.717, 1.165) is 0 Å². The molecule has 0 amide bonds. The fourth-order valence-corrected chi connectivity index (χ4v) is 1.40. The maximum Gasteiger partial charge on any atom is 0.201 e. The second-order valence-corrected chi connectivity index (χ2v) is 3.84. The molecule has 1 aliphatic rings. The first-order valence-corrected chi connectivity index (χ1v) is 3.90. The lowest BCUT2D eigenvalue weighted by atomic mass is 9.95. The fourth-order valence-electron chi connectivity index (χ4n) is 0.990. The molecule has 1 aliphatic carbocycles. The SMILES string of the molecule is O=C1CCCC(O)C1(Cl)Cl. The van der Waals surface area contributed by atoms with Gasteiger partial charge in [0.15, 0.2) is 5.78 Å². The largest absolute Gasteiger partial charge is 0.390 e. The van der Waals surface area contributed by atoms with Crippen molar-refractivity contribution in [3.63, 3.8) is 0 Å². The molecule has 0 aliphatic heterocycles. The highest BCUT2D eigenvalue weighted by Crippen LogP contribution is 2.34. The molecule has 1 rings (SSSR count). The Balaban J connectivity index is 2.73. The minimum atomic E-state index is -1.54. The zero-order valence-electron chi connectivity index (χ0n) is 5.31. The third kappa shape index (κ3) is 1.29. The normalized spacial score (nSPS) is 32.3. The van der Waals surface area contributed by atoms with Crippen LogP contribution in [0.3, 0.4) is 0 Å². The van der Waals surface area contributed by atoms with Gasteiger partial charge in [0.2, 0.25) is 4.33 Å². The number of carbonyl (C=O) groups excluding carboxylic acids is 1. The summed E-state index contributed by atoms with van der Waals surface area (Å²) in [5.74, 6) is -0.269. The molecular formula is C6H8Cl2O2. The Kier molecular flexibility index (Phi) is 2.23. The predicted molar refractivity (Wildman–Crippen MR) is 39.3 cm³/mol. The molecule has 0 aromatic carbocycles. The van der Waals surface area contributed by atoms with Crippen LogP contribution >= 0.6 is 23.2 Å². The maximum absolute atomic E-state index is 10.9.